The molecule has 0 aromatic heterocycles. The molecule has 0 rings (SSSR count). The highest BCUT2D eigenvalue weighted by atomic mass is 16.6. The minimum absolute atomic E-state index is 0.143. The molecule has 0 saturated heterocycles. The summed E-state index contributed by atoms with van der Waals surface area (Å²) in [5, 5.41) is 0. The molecule has 0 heterocycles. The molecule has 0 N–H and O–H groups in total. The van der Waals surface area contributed by atoms with Gasteiger partial charge in [0.15, 0.2) is 0 Å². The van der Waals surface area contributed by atoms with Crippen molar-refractivity contribution in [3.8, 4) is 0 Å². The molecule has 0 atom stereocenters. The maximum atomic E-state index is 11.6. The maximum Gasteiger partial charge on any atom is 0.305 e. The molecule has 0 aliphatic carbocycles. The average Bonchev–Trinajstić information content (AvgIpc) is 2.99. The topological polar surface area (TPSA) is 109 Å². The fourth-order valence-corrected chi connectivity index (χ4v) is 3.47. The van der Waals surface area contributed by atoms with Crippen LogP contribution < -0.4 is 0 Å². The zero-order chi connectivity index (χ0) is 30.4. The normalized spacial score (nSPS) is 11.4. The molecule has 11 nitrogen and oxygen atoms in total. The van der Waals surface area contributed by atoms with Crippen LogP contribution in [0, 0.1) is 0 Å². The quantitative estimate of drug-likeness (QED) is 0.0745. The van der Waals surface area contributed by atoms with Gasteiger partial charge in [-0.2, -0.15) is 0 Å². The van der Waals surface area contributed by atoms with Gasteiger partial charge in [0.25, 0.3) is 0 Å². The lowest BCUT2D eigenvalue weighted by atomic mass is 10.1. The predicted octanol–water partition coefficient (Wildman–Crippen LogP) is 4.23. The van der Waals surface area contributed by atoms with Crippen LogP contribution in [-0.4, -0.2) is 132 Å². The molecule has 0 radical (unpaired) electrons. The summed E-state index contributed by atoms with van der Waals surface area (Å²) in [7, 11) is 0. The van der Waals surface area contributed by atoms with Crippen molar-refractivity contribution >= 4 is 5.97 Å². The zero-order valence-corrected chi connectivity index (χ0v) is 26.8. The molecule has 0 fully saturated rings. The summed E-state index contributed by atoms with van der Waals surface area (Å²) in [6, 6.07) is 0. The van der Waals surface area contributed by atoms with E-state index < -0.39 is 0 Å². The third-order valence-electron chi connectivity index (χ3n) is 5.84. The van der Waals surface area contributed by atoms with Crippen molar-refractivity contribution in [1.82, 2.24) is 0 Å². The van der Waals surface area contributed by atoms with E-state index in [2.05, 4.69) is 13.8 Å². The Labute approximate surface area is 255 Å². The third-order valence-corrected chi connectivity index (χ3v) is 5.84. The molecule has 0 aromatic carbocycles. The van der Waals surface area contributed by atoms with E-state index in [-0.39, 0.29) is 5.97 Å². The van der Waals surface area contributed by atoms with Crippen LogP contribution >= 0.6 is 0 Å². The number of carbonyl (C=O) groups is 1. The zero-order valence-electron chi connectivity index (χ0n) is 26.8. The molecule has 0 spiro atoms. The molecule has 0 amide bonds. The second kappa shape index (κ2) is 38.1. The van der Waals surface area contributed by atoms with Crippen LogP contribution in [-0.2, 0) is 52.2 Å². The number of hydrogen-bond acceptors (Lipinski definition) is 11. The lowest BCUT2D eigenvalue weighted by molar-refractivity contribution is -0.145. The van der Waals surface area contributed by atoms with Crippen molar-refractivity contribution in [2.45, 2.75) is 71.6 Å². The second-order valence-corrected chi connectivity index (χ2v) is 9.60. The Bertz CT molecular complexity index is 511. The first kappa shape index (κ1) is 41.1. The first-order valence-electron chi connectivity index (χ1n) is 16.2. The van der Waals surface area contributed by atoms with Gasteiger partial charge in [-0.05, 0) is 12.8 Å². The Balaban J connectivity index is 3.08. The molecule has 0 saturated carbocycles. The van der Waals surface area contributed by atoms with Crippen molar-refractivity contribution in [1.29, 1.82) is 0 Å². The average molecular weight is 611 g/mol. The first-order chi connectivity index (χ1) is 20.8. The highest BCUT2D eigenvalue weighted by Crippen LogP contribution is 2.05. The summed E-state index contributed by atoms with van der Waals surface area (Å²) >= 11 is 0. The Kier molecular flexibility index (Phi) is 37.3. The SMILES string of the molecule is CCCCCCCC(=O)OCCOCCOCCOCCOCCOCCOCCOCCOCCOCCCCC. The van der Waals surface area contributed by atoms with E-state index in [9.17, 15) is 4.79 Å². The number of carbonyl (C=O) groups excluding carboxylic acids is 1. The Morgan fingerprint density at radius 1 is 0.333 bits per heavy atom. The van der Waals surface area contributed by atoms with Gasteiger partial charge in [-0.25, -0.2) is 0 Å². The van der Waals surface area contributed by atoms with Crippen molar-refractivity contribution in [3.63, 3.8) is 0 Å². The smallest absolute Gasteiger partial charge is 0.305 e. The maximum absolute atomic E-state index is 11.6. The molecule has 0 unspecified atom stereocenters. The summed E-state index contributed by atoms with van der Waals surface area (Å²) in [5.74, 6) is -0.143. The molecule has 252 valence electrons. The summed E-state index contributed by atoms with van der Waals surface area (Å²) in [5.41, 5.74) is 0. The van der Waals surface area contributed by atoms with Gasteiger partial charge in [0, 0.05) is 13.0 Å². The van der Waals surface area contributed by atoms with Gasteiger partial charge >= 0.3 is 5.97 Å². The summed E-state index contributed by atoms with van der Waals surface area (Å²) in [6.07, 6.45) is 9.64. The van der Waals surface area contributed by atoms with E-state index in [4.69, 9.17) is 47.4 Å². The minimum Gasteiger partial charge on any atom is -0.463 e. The summed E-state index contributed by atoms with van der Waals surface area (Å²) in [4.78, 5) is 11.6. The van der Waals surface area contributed by atoms with Crippen molar-refractivity contribution in [2.75, 3.05) is 126 Å². The lowest BCUT2D eigenvalue weighted by Crippen LogP contribution is -2.15. The summed E-state index contributed by atoms with van der Waals surface area (Å²) < 4.78 is 54.3. The van der Waals surface area contributed by atoms with E-state index in [1.54, 1.807) is 0 Å². The van der Waals surface area contributed by atoms with E-state index in [0.717, 1.165) is 25.9 Å². The van der Waals surface area contributed by atoms with Gasteiger partial charge in [-0.15, -0.1) is 0 Å². The van der Waals surface area contributed by atoms with E-state index >= 15 is 0 Å². The van der Waals surface area contributed by atoms with Crippen LogP contribution in [0.25, 0.3) is 0 Å². The van der Waals surface area contributed by atoms with Gasteiger partial charge in [-0.1, -0.05) is 52.4 Å². The highest BCUT2D eigenvalue weighted by molar-refractivity contribution is 5.69. The molecule has 11 heteroatoms. The Hall–Kier alpha value is -0.890. The number of unbranched alkanes of at least 4 members (excludes halogenated alkanes) is 6. The molecule has 0 aliphatic heterocycles. The molecule has 0 bridgehead atoms. The Morgan fingerprint density at radius 3 is 0.976 bits per heavy atom. The van der Waals surface area contributed by atoms with Gasteiger partial charge in [0.05, 0.1) is 112 Å². The van der Waals surface area contributed by atoms with Crippen molar-refractivity contribution in [3.05, 3.63) is 0 Å². The van der Waals surface area contributed by atoms with Crippen LogP contribution in [0.3, 0.4) is 0 Å². The fraction of sp³-hybridized carbons (Fsp3) is 0.968. The minimum atomic E-state index is -0.143. The fourth-order valence-electron chi connectivity index (χ4n) is 3.47. The van der Waals surface area contributed by atoms with Crippen molar-refractivity contribution in [2.24, 2.45) is 0 Å². The number of hydrogen-bond donors (Lipinski definition) is 0. The van der Waals surface area contributed by atoms with Crippen LogP contribution in [0.15, 0.2) is 0 Å². The van der Waals surface area contributed by atoms with Gasteiger partial charge < -0.3 is 47.4 Å². The highest BCUT2D eigenvalue weighted by Gasteiger charge is 2.02. The molecule has 0 aromatic rings. The van der Waals surface area contributed by atoms with E-state index in [1.165, 1.54) is 32.1 Å². The molecule has 42 heavy (non-hydrogen) atoms. The number of ether oxygens (including phenoxy) is 10. The van der Waals surface area contributed by atoms with Crippen LogP contribution in [0.2, 0.25) is 0 Å². The van der Waals surface area contributed by atoms with E-state index in [1.807, 2.05) is 0 Å². The van der Waals surface area contributed by atoms with Gasteiger partial charge in [0.1, 0.15) is 6.61 Å². The largest absolute Gasteiger partial charge is 0.463 e. The first-order valence-corrected chi connectivity index (χ1v) is 16.2. The second-order valence-electron chi connectivity index (χ2n) is 9.60. The molecular weight excluding hydrogens is 548 g/mol. The van der Waals surface area contributed by atoms with Gasteiger partial charge in [-0.3, -0.25) is 4.79 Å². The molecular formula is C31H62O11. The van der Waals surface area contributed by atoms with Crippen LogP contribution in [0.4, 0.5) is 0 Å². The van der Waals surface area contributed by atoms with E-state index in [0.29, 0.717) is 125 Å². The van der Waals surface area contributed by atoms with Gasteiger partial charge in [0.2, 0.25) is 0 Å². The van der Waals surface area contributed by atoms with Crippen LogP contribution in [0.1, 0.15) is 71.6 Å². The Morgan fingerprint density at radius 2 is 0.619 bits per heavy atom. The third kappa shape index (κ3) is 37.1. The van der Waals surface area contributed by atoms with Crippen molar-refractivity contribution < 1.29 is 52.2 Å². The van der Waals surface area contributed by atoms with Crippen LogP contribution in [0.5, 0.6) is 0 Å². The lowest BCUT2D eigenvalue weighted by Gasteiger charge is -2.09. The summed E-state index contributed by atoms with van der Waals surface area (Å²) in [6.45, 7) is 14.3. The molecule has 0 aliphatic rings. The standard InChI is InChI=1S/C31H62O11/c1-3-5-7-8-9-11-31(32)42-30-29-41-28-27-40-26-25-39-24-23-38-22-21-37-20-19-36-18-17-35-16-15-34-14-13-33-12-10-6-4-2/h3-30H2,1-2H3. The predicted molar refractivity (Wildman–Crippen MR) is 161 cm³/mol. The number of rotatable bonds is 37. The number of esters is 1. The monoisotopic (exact) mass is 610 g/mol.